The van der Waals surface area contributed by atoms with E-state index in [0.29, 0.717) is 24.8 Å². The van der Waals surface area contributed by atoms with Crippen molar-refractivity contribution >= 4 is 5.69 Å². The fourth-order valence-electron chi connectivity index (χ4n) is 2.14. The van der Waals surface area contributed by atoms with Crippen LogP contribution in [0.3, 0.4) is 0 Å². The molecule has 0 unspecified atom stereocenters. The van der Waals surface area contributed by atoms with E-state index in [0.717, 1.165) is 5.75 Å². The number of nitrogens with two attached hydrogens (primary N) is 1. The second-order valence-electron chi connectivity index (χ2n) is 5.06. The molecular weight excluding hydrogens is 238 g/mol. The van der Waals surface area contributed by atoms with Crippen LogP contribution in [0.1, 0.15) is 30.9 Å². The van der Waals surface area contributed by atoms with Crippen LogP contribution in [0.4, 0.5) is 5.69 Å². The summed E-state index contributed by atoms with van der Waals surface area (Å²) in [6, 6.07) is 6.26. The molecule has 0 aliphatic rings. The van der Waals surface area contributed by atoms with E-state index >= 15 is 0 Å². The topological polar surface area (TPSA) is 53.1 Å². The Labute approximate surface area is 114 Å². The number of nitrogens with zero attached hydrogens (tertiary/aromatic N) is 2. The van der Waals surface area contributed by atoms with Crippen LogP contribution in [0.5, 0.6) is 5.75 Å². The number of hydrogen-bond donors (Lipinski definition) is 1. The first kappa shape index (κ1) is 13.5. The second kappa shape index (κ2) is 5.78. The Morgan fingerprint density at radius 1 is 1.37 bits per heavy atom. The van der Waals surface area contributed by atoms with Crippen LogP contribution in [-0.2, 0) is 6.54 Å². The van der Waals surface area contributed by atoms with Crippen LogP contribution in [0, 0.1) is 6.92 Å². The third kappa shape index (κ3) is 3.50. The predicted molar refractivity (Wildman–Crippen MR) is 77.4 cm³/mol. The van der Waals surface area contributed by atoms with Crippen LogP contribution in [0.25, 0.3) is 0 Å². The van der Waals surface area contributed by atoms with Gasteiger partial charge in [0, 0.05) is 6.20 Å². The van der Waals surface area contributed by atoms with Crippen LogP contribution < -0.4 is 10.5 Å². The average molecular weight is 259 g/mol. The molecule has 1 aromatic heterocycles. The molecule has 0 amide bonds. The number of rotatable bonds is 5. The summed E-state index contributed by atoms with van der Waals surface area (Å²) in [6.45, 7) is 7.80. The van der Waals surface area contributed by atoms with Crippen molar-refractivity contribution in [3.63, 3.8) is 0 Å². The Balaban J connectivity index is 1.91. The number of hydrogen-bond acceptors (Lipinski definition) is 3. The molecule has 1 aromatic carbocycles. The van der Waals surface area contributed by atoms with Crippen molar-refractivity contribution in [3.8, 4) is 5.75 Å². The van der Waals surface area contributed by atoms with Crippen molar-refractivity contribution in [2.24, 2.45) is 0 Å². The first-order valence-corrected chi connectivity index (χ1v) is 6.57. The summed E-state index contributed by atoms with van der Waals surface area (Å²) in [6.07, 6.45) is 3.44. The summed E-state index contributed by atoms with van der Waals surface area (Å²) in [5, 5.41) is 4.11. The van der Waals surface area contributed by atoms with Gasteiger partial charge >= 0.3 is 0 Å². The maximum Gasteiger partial charge on any atom is 0.119 e. The molecule has 0 aliphatic heterocycles. The normalized spacial score (nSPS) is 10.9. The fourth-order valence-corrected chi connectivity index (χ4v) is 2.14. The molecule has 0 spiro atoms. The Morgan fingerprint density at radius 2 is 2.16 bits per heavy atom. The maximum atomic E-state index is 5.73. The van der Waals surface area contributed by atoms with Crippen LogP contribution in [0.15, 0.2) is 30.6 Å². The van der Waals surface area contributed by atoms with Crippen molar-refractivity contribution in [1.82, 2.24) is 9.78 Å². The van der Waals surface area contributed by atoms with Gasteiger partial charge in [-0.2, -0.15) is 5.10 Å². The zero-order valence-corrected chi connectivity index (χ0v) is 11.8. The number of nitrogen functional groups attached to an aromatic ring is 1. The van der Waals surface area contributed by atoms with Crippen molar-refractivity contribution in [2.75, 3.05) is 12.3 Å². The van der Waals surface area contributed by atoms with Gasteiger partial charge in [0.15, 0.2) is 0 Å². The van der Waals surface area contributed by atoms with Gasteiger partial charge in [0.05, 0.1) is 18.4 Å². The highest BCUT2D eigenvalue weighted by atomic mass is 16.5. The van der Waals surface area contributed by atoms with Crippen LogP contribution >= 0.6 is 0 Å². The van der Waals surface area contributed by atoms with Gasteiger partial charge in [-0.15, -0.1) is 0 Å². The Kier molecular flexibility index (Phi) is 4.10. The number of anilines is 1. The molecule has 0 saturated heterocycles. The van der Waals surface area contributed by atoms with Crippen molar-refractivity contribution in [1.29, 1.82) is 0 Å². The van der Waals surface area contributed by atoms with Gasteiger partial charge in [-0.25, -0.2) is 0 Å². The summed E-state index contributed by atoms with van der Waals surface area (Å²) < 4.78 is 7.52. The highest BCUT2D eigenvalue weighted by molar-refractivity contribution is 5.36. The number of ether oxygens (including phenoxy) is 1. The van der Waals surface area contributed by atoms with Gasteiger partial charge in [0.2, 0.25) is 0 Å². The molecule has 4 nitrogen and oxygen atoms in total. The lowest BCUT2D eigenvalue weighted by molar-refractivity contribution is 0.291. The Hall–Kier alpha value is -1.97. The molecule has 0 radical (unpaired) electrons. The quantitative estimate of drug-likeness (QED) is 0.898. The lowest BCUT2D eigenvalue weighted by atomic mass is 9.98. The Bertz CT molecular complexity index is 546. The van der Waals surface area contributed by atoms with Gasteiger partial charge < -0.3 is 10.5 Å². The first-order valence-electron chi connectivity index (χ1n) is 6.57. The standard InChI is InChI=1S/C15H21N3O/c1-11(2)15-5-4-14(8-12(15)3)19-7-6-18-10-13(16)9-17-18/h4-5,8-11H,6-7,16H2,1-3H3. The molecule has 2 rings (SSSR count). The minimum Gasteiger partial charge on any atom is -0.492 e. The molecule has 0 fully saturated rings. The van der Waals surface area contributed by atoms with E-state index in [1.54, 1.807) is 17.1 Å². The van der Waals surface area contributed by atoms with E-state index in [2.05, 4.69) is 38.0 Å². The second-order valence-corrected chi connectivity index (χ2v) is 5.06. The highest BCUT2D eigenvalue weighted by Gasteiger charge is 2.04. The van der Waals surface area contributed by atoms with Gasteiger partial charge in [-0.3, -0.25) is 4.68 Å². The number of benzene rings is 1. The molecule has 1 heterocycles. The minimum absolute atomic E-state index is 0.543. The van der Waals surface area contributed by atoms with Crippen LogP contribution in [-0.4, -0.2) is 16.4 Å². The van der Waals surface area contributed by atoms with Gasteiger partial charge in [0.1, 0.15) is 12.4 Å². The first-order chi connectivity index (χ1) is 9.06. The molecule has 19 heavy (non-hydrogen) atoms. The molecule has 4 heteroatoms. The average Bonchev–Trinajstić information content (AvgIpc) is 2.75. The van der Waals surface area contributed by atoms with E-state index in [4.69, 9.17) is 10.5 Å². The highest BCUT2D eigenvalue weighted by Crippen LogP contribution is 2.23. The van der Waals surface area contributed by atoms with Gasteiger partial charge in [-0.1, -0.05) is 19.9 Å². The van der Waals surface area contributed by atoms with E-state index in [9.17, 15) is 0 Å². The summed E-state index contributed by atoms with van der Waals surface area (Å²) in [4.78, 5) is 0. The van der Waals surface area contributed by atoms with Gasteiger partial charge in [-0.05, 0) is 36.1 Å². The minimum atomic E-state index is 0.543. The predicted octanol–water partition coefficient (Wildman–Crippen LogP) is 2.98. The summed E-state index contributed by atoms with van der Waals surface area (Å²) in [5.74, 6) is 1.45. The number of aromatic nitrogens is 2. The molecule has 102 valence electrons. The Morgan fingerprint density at radius 3 is 2.74 bits per heavy atom. The maximum absolute atomic E-state index is 5.73. The zero-order chi connectivity index (χ0) is 13.8. The largest absolute Gasteiger partial charge is 0.492 e. The number of aryl methyl sites for hydroxylation is 1. The van der Waals surface area contributed by atoms with Gasteiger partial charge in [0.25, 0.3) is 0 Å². The van der Waals surface area contributed by atoms with E-state index in [1.165, 1.54) is 11.1 Å². The molecular formula is C15H21N3O. The smallest absolute Gasteiger partial charge is 0.119 e. The molecule has 0 atom stereocenters. The van der Waals surface area contributed by atoms with E-state index in [-0.39, 0.29) is 0 Å². The third-order valence-corrected chi connectivity index (χ3v) is 3.11. The fraction of sp³-hybridized carbons (Fsp3) is 0.400. The summed E-state index contributed by atoms with van der Waals surface area (Å²) in [7, 11) is 0. The lowest BCUT2D eigenvalue weighted by Gasteiger charge is -2.12. The molecule has 0 bridgehead atoms. The van der Waals surface area contributed by atoms with Crippen molar-refractivity contribution in [2.45, 2.75) is 33.2 Å². The third-order valence-electron chi connectivity index (χ3n) is 3.11. The summed E-state index contributed by atoms with van der Waals surface area (Å²) in [5.41, 5.74) is 8.92. The zero-order valence-electron chi connectivity index (χ0n) is 11.8. The molecule has 2 aromatic rings. The molecule has 0 aliphatic carbocycles. The molecule has 2 N–H and O–H groups in total. The lowest BCUT2D eigenvalue weighted by Crippen LogP contribution is -2.08. The monoisotopic (exact) mass is 259 g/mol. The summed E-state index contributed by atoms with van der Waals surface area (Å²) >= 11 is 0. The van der Waals surface area contributed by atoms with Crippen LogP contribution in [0.2, 0.25) is 0 Å². The SMILES string of the molecule is Cc1cc(OCCn2cc(N)cn2)ccc1C(C)C. The van der Waals surface area contributed by atoms with E-state index in [1.807, 2.05) is 6.07 Å². The van der Waals surface area contributed by atoms with Crippen molar-refractivity contribution < 1.29 is 4.74 Å². The van der Waals surface area contributed by atoms with Crippen molar-refractivity contribution in [3.05, 3.63) is 41.7 Å². The molecule has 0 saturated carbocycles. The van der Waals surface area contributed by atoms with E-state index < -0.39 is 0 Å².